The lowest BCUT2D eigenvalue weighted by atomic mass is 10.1. The predicted octanol–water partition coefficient (Wildman–Crippen LogP) is 4.39. The Morgan fingerprint density at radius 1 is 1.09 bits per heavy atom. The fraction of sp³-hybridized carbons (Fsp3) is 0.292. The molecule has 0 aliphatic rings. The highest BCUT2D eigenvalue weighted by atomic mass is 35.5. The highest BCUT2D eigenvalue weighted by Crippen LogP contribution is 2.27. The summed E-state index contributed by atoms with van der Waals surface area (Å²) < 4.78 is 1.30. The van der Waals surface area contributed by atoms with Crippen LogP contribution in [0.2, 0.25) is 10.0 Å². The van der Waals surface area contributed by atoms with Crippen molar-refractivity contribution in [2.75, 3.05) is 10.6 Å². The monoisotopic (exact) mass is 488 g/mol. The molecule has 1 heterocycles. The van der Waals surface area contributed by atoms with E-state index in [4.69, 9.17) is 28.9 Å². The third kappa shape index (κ3) is 5.86. The third-order valence-electron chi connectivity index (χ3n) is 5.34. The summed E-state index contributed by atoms with van der Waals surface area (Å²) in [6, 6.07) is 14.5. The van der Waals surface area contributed by atoms with Gasteiger partial charge in [-0.05, 0) is 30.0 Å². The fourth-order valence-corrected chi connectivity index (χ4v) is 3.97. The molecule has 0 atom stereocenters. The van der Waals surface area contributed by atoms with Gasteiger partial charge in [-0.15, -0.1) is 0 Å². The molecule has 3 N–H and O–H groups in total. The van der Waals surface area contributed by atoms with Crippen molar-refractivity contribution in [2.45, 2.75) is 45.7 Å². The first-order valence-electron chi connectivity index (χ1n) is 10.7. The second-order valence-electron chi connectivity index (χ2n) is 7.68. The van der Waals surface area contributed by atoms with Crippen LogP contribution in [0, 0.1) is 0 Å². The number of amides is 1. The molecule has 3 aromatic rings. The fourth-order valence-electron chi connectivity index (χ4n) is 3.55. The second kappa shape index (κ2) is 11.2. The Kier molecular flexibility index (Phi) is 8.36. The average Bonchev–Trinajstić information content (AvgIpc) is 2.79. The van der Waals surface area contributed by atoms with Gasteiger partial charge in [-0.2, -0.15) is 0 Å². The van der Waals surface area contributed by atoms with E-state index in [0.29, 0.717) is 29.4 Å². The lowest BCUT2D eigenvalue weighted by Gasteiger charge is -2.25. The quantitative estimate of drug-likeness (QED) is 0.466. The van der Waals surface area contributed by atoms with E-state index in [2.05, 4.69) is 4.98 Å². The van der Waals surface area contributed by atoms with Gasteiger partial charge in [0.2, 0.25) is 5.91 Å². The van der Waals surface area contributed by atoms with Crippen LogP contribution in [0.4, 0.5) is 11.5 Å². The van der Waals surface area contributed by atoms with Crippen LogP contribution in [0.15, 0.2) is 58.1 Å². The summed E-state index contributed by atoms with van der Waals surface area (Å²) in [6.45, 7) is 2.46. The van der Waals surface area contributed by atoms with Crippen molar-refractivity contribution in [3.63, 3.8) is 0 Å². The van der Waals surface area contributed by atoms with Gasteiger partial charge in [0.1, 0.15) is 5.82 Å². The lowest BCUT2D eigenvalue weighted by Crippen LogP contribution is -2.41. The number of nitrogens with zero attached hydrogens (tertiary/aromatic N) is 2. The zero-order valence-electron chi connectivity index (χ0n) is 18.3. The summed E-state index contributed by atoms with van der Waals surface area (Å²) >= 11 is 12.4. The van der Waals surface area contributed by atoms with E-state index in [0.717, 1.165) is 17.5 Å². The van der Waals surface area contributed by atoms with Crippen LogP contribution in [0.25, 0.3) is 0 Å². The number of carbonyl (C=O) groups excluding carboxylic acids is 1. The molecule has 3 rings (SSSR count). The van der Waals surface area contributed by atoms with E-state index in [-0.39, 0.29) is 30.4 Å². The van der Waals surface area contributed by atoms with Crippen LogP contribution in [-0.4, -0.2) is 15.5 Å². The van der Waals surface area contributed by atoms with E-state index in [1.807, 2.05) is 37.3 Å². The summed E-state index contributed by atoms with van der Waals surface area (Å²) in [5, 5.41) is 0.804. The minimum atomic E-state index is -0.699. The minimum Gasteiger partial charge on any atom is -0.383 e. The summed E-state index contributed by atoms with van der Waals surface area (Å²) in [4.78, 5) is 42.2. The molecule has 174 valence electrons. The molecule has 33 heavy (non-hydrogen) atoms. The molecular weight excluding hydrogens is 463 g/mol. The molecule has 0 unspecified atom stereocenters. The van der Waals surface area contributed by atoms with Crippen LogP contribution < -0.4 is 21.9 Å². The van der Waals surface area contributed by atoms with Gasteiger partial charge in [-0.1, -0.05) is 79.0 Å². The van der Waals surface area contributed by atoms with E-state index >= 15 is 0 Å². The topological polar surface area (TPSA) is 101 Å². The summed E-state index contributed by atoms with van der Waals surface area (Å²) in [6.07, 6.45) is 1.94. The highest BCUT2D eigenvalue weighted by molar-refractivity contribution is 6.42. The van der Waals surface area contributed by atoms with E-state index in [1.165, 1.54) is 9.47 Å². The average molecular weight is 489 g/mol. The van der Waals surface area contributed by atoms with Gasteiger partial charge in [-0.3, -0.25) is 19.1 Å². The number of carbonyl (C=O) groups is 1. The summed E-state index contributed by atoms with van der Waals surface area (Å²) in [5.41, 5.74) is 6.51. The number of aromatic nitrogens is 2. The Hall–Kier alpha value is -3.03. The number of hydrogen-bond donors (Lipinski definition) is 2. The molecule has 0 fully saturated rings. The van der Waals surface area contributed by atoms with Crippen molar-refractivity contribution in [2.24, 2.45) is 0 Å². The van der Waals surface area contributed by atoms with Crippen LogP contribution >= 0.6 is 23.2 Å². The Morgan fingerprint density at radius 2 is 1.82 bits per heavy atom. The molecule has 1 amide bonds. The molecule has 0 saturated heterocycles. The highest BCUT2D eigenvalue weighted by Gasteiger charge is 2.24. The first kappa shape index (κ1) is 24.6. The molecular formula is C24H26Cl2N4O3. The Bertz CT molecular complexity index is 1240. The number of unbranched alkanes of at least 4 members (excludes halogenated alkanes) is 1. The number of rotatable bonds is 9. The molecule has 1 aromatic heterocycles. The van der Waals surface area contributed by atoms with Crippen molar-refractivity contribution in [3.8, 4) is 0 Å². The number of nitrogen functional groups attached to an aromatic ring is 1. The molecule has 0 bridgehead atoms. The number of hydrogen-bond acceptors (Lipinski definition) is 4. The maximum Gasteiger partial charge on any atom is 0.330 e. The minimum absolute atomic E-state index is 0.0257. The van der Waals surface area contributed by atoms with Gasteiger partial charge in [0, 0.05) is 13.0 Å². The van der Waals surface area contributed by atoms with Crippen molar-refractivity contribution >= 4 is 40.6 Å². The molecule has 7 nitrogen and oxygen atoms in total. The van der Waals surface area contributed by atoms with Crippen molar-refractivity contribution in [3.05, 3.63) is 90.5 Å². The smallest absolute Gasteiger partial charge is 0.330 e. The number of aryl methyl sites for hydroxylation is 1. The normalized spacial score (nSPS) is 10.9. The Morgan fingerprint density at radius 3 is 2.52 bits per heavy atom. The van der Waals surface area contributed by atoms with Crippen LogP contribution in [0.3, 0.4) is 0 Å². The molecule has 2 aromatic carbocycles. The first-order chi connectivity index (χ1) is 15.8. The first-order valence-corrected chi connectivity index (χ1v) is 11.5. The van der Waals surface area contributed by atoms with Crippen molar-refractivity contribution in [1.29, 1.82) is 0 Å². The number of H-pyrrole nitrogens is 1. The zero-order valence-corrected chi connectivity index (χ0v) is 19.8. The Balaban J connectivity index is 1.99. The maximum absolute atomic E-state index is 13.4. The summed E-state index contributed by atoms with van der Waals surface area (Å²) in [7, 11) is 0. The van der Waals surface area contributed by atoms with Crippen molar-refractivity contribution in [1.82, 2.24) is 9.55 Å². The largest absolute Gasteiger partial charge is 0.383 e. The van der Waals surface area contributed by atoms with Crippen LogP contribution in [-0.2, 0) is 24.3 Å². The van der Waals surface area contributed by atoms with Crippen LogP contribution in [0.1, 0.15) is 37.3 Å². The number of nitrogens with one attached hydrogen (secondary N) is 1. The number of aromatic amines is 1. The molecule has 0 radical (unpaired) electrons. The van der Waals surface area contributed by atoms with E-state index in [1.54, 1.807) is 18.2 Å². The molecule has 0 aliphatic heterocycles. The molecule has 0 spiro atoms. The van der Waals surface area contributed by atoms with E-state index in [9.17, 15) is 14.4 Å². The van der Waals surface area contributed by atoms with Gasteiger partial charge in [0.05, 0.1) is 16.6 Å². The van der Waals surface area contributed by atoms with Crippen molar-refractivity contribution < 1.29 is 4.79 Å². The number of nitrogens with two attached hydrogens (primary N) is 1. The predicted molar refractivity (Wildman–Crippen MR) is 133 cm³/mol. The van der Waals surface area contributed by atoms with Gasteiger partial charge < -0.3 is 10.6 Å². The molecule has 9 heteroatoms. The van der Waals surface area contributed by atoms with Gasteiger partial charge in [0.25, 0.3) is 5.56 Å². The van der Waals surface area contributed by atoms with Gasteiger partial charge in [-0.25, -0.2) is 4.79 Å². The number of benzene rings is 2. The lowest BCUT2D eigenvalue weighted by molar-refractivity contribution is -0.118. The number of halogens is 2. The molecule has 0 saturated carbocycles. The second-order valence-corrected chi connectivity index (χ2v) is 8.46. The standard InChI is InChI=1S/C24H26Cl2N4O3/c1-2-3-14-29-22(27)21(23(32)28-24(29)33)30(15-16-8-5-4-6-9-16)19(31)13-12-17-10-7-11-18(25)20(17)26/h4-11H,2-3,12-15,27H2,1H3,(H,28,32,33). The number of anilines is 2. The van der Waals surface area contributed by atoms with Gasteiger partial charge >= 0.3 is 5.69 Å². The Labute approximate surface area is 201 Å². The van der Waals surface area contributed by atoms with Gasteiger partial charge in [0.15, 0.2) is 5.69 Å². The maximum atomic E-state index is 13.4. The zero-order chi connectivity index (χ0) is 24.0. The molecule has 0 aliphatic carbocycles. The third-order valence-corrected chi connectivity index (χ3v) is 6.20. The summed E-state index contributed by atoms with van der Waals surface area (Å²) in [5.74, 6) is -0.352. The SMILES string of the molecule is CCCCn1c(N)c(N(Cc2ccccc2)C(=O)CCc2cccc(Cl)c2Cl)c(=O)[nH]c1=O. The van der Waals surface area contributed by atoms with Crippen LogP contribution in [0.5, 0.6) is 0 Å². The van der Waals surface area contributed by atoms with E-state index < -0.39 is 11.2 Å².